The van der Waals surface area contributed by atoms with Crippen molar-refractivity contribution in [3.63, 3.8) is 0 Å². The number of aliphatic carboxylic acids is 1. The Balaban J connectivity index is 0. The van der Waals surface area contributed by atoms with Crippen LogP contribution in [0.25, 0.3) is 0 Å². The molecule has 0 saturated heterocycles. The third-order valence-electron chi connectivity index (χ3n) is 6.72. The summed E-state index contributed by atoms with van der Waals surface area (Å²) < 4.78 is 1.24. The van der Waals surface area contributed by atoms with Gasteiger partial charge in [0.15, 0.2) is 0 Å². The van der Waals surface area contributed by atoms with E-state index in [1.54, 1.807) is 0 Å². The maximum absolute atomic E-state index is 9.92. The van der Waals surface area contributed by atoms with Crippen LogP contribution in [0.1, 0.15) is 162 Å². The average molecular weight is 470 g/mol. The molecule has 0 fully saturated rings. The van der Waals surface area contributed by atoms with Crippen molar-refractivity contribution in [2.45, 2.75) is 162 Å². The van der Waals surface area contributed by atoms with E-state index in [4.69, 9.17) is 0 Å². The Kier molecular flexibility index (Phi) is 29.0. The molecular formula is C30H63NO2. The van der Waals surface area contributed by atoms with Crippen LogP contribution in [0.4, 0.5) is 0 Å². The minimum Gasteiger partial charge on any atom is -0.550 e. The Morgan fingerprint density at radius 3 is 1.06 bits per heavy atom. The lowest BCUT2D eigenvalue weighted by Crippen LogP contribution is -2.41. The first-order valence-corrected chi connectivity index (χ1v) is 14.9. The second kappa shape index (κ2) is 27.7. The Hall–Kier alpha value is -0.570. The molecule has 0 N–H and O–H groups in total. The van der Waals surface area contributed by atoms with Crippen LogP contribution in [-0.2, 0) is 4.79 Å². The summed E-state index contributed by atoms with van der Waals surface area (Å²) in [5.74, 6) is -0.920. The summed E-state index contributed by atoms with van der Waals surface area (Å²) in [7, 11) is 4.87. The van der Waals surface area contributed by atoms with E-state index in [-0.39, 0.29) is 6.42 Å². The van der Waals surface area contributed by atoms with Gasteiger partial charge in [-0.15, -0.1) is 0 Å². The van der Waals surface area contributed by atoms with Crippen LogP contribution in [0.3, 0.4) is 0 Å². The first-order chi connectivity index (χ1) is 15.9. The molecule has 200 valence electrons. The number of carboxylic acid groups (broad SMARTS) is 1. The van der Waals surface area contributed by atoms with Crippen molar-refractivity contribution in [3.8, 4) is 0 Å². The molecule has 0 saturated carbocycles. The molecule has 0 bridgehead atoms. The van der Waals surface area contributed by atoms with Crippen LogP contribution in [-0.4, -0.2) is 37.6 Å². The van der Waals surface area contributed by atoms with Gasteiger partial charge in [0, 0.05) is 5.97 Å². The molecule has 0 spiro atoms. The Morgan fingerprint density at radius 1 is 0.485 bits per heavy atom. The van der Waals surface area contributed by atoms with Gasteiger partial charge in [-0.2, -0.15) is 0 Å². The van der Waals surface area contributed by atoms with Crippen molar-refractivity contribution in [2.75, 3.05) is 27.2 Å². The second-order valence-corrected chi connectivity index (χ2v) is 10.9. The smallest absolute Gasteiger partial charge is 0.0782 e. The predicted molar refractivity (Wildman–Crippen MR) is 145 cm³/mol. The molecule has 3 nitrogen and oxygen atoms in total. The summed E-state index contributed by atoms with van der Waals surface area (Å²) in [5.41, 5.74) is 0. The van der Waals surface area contributed by atoms with Crippen molar-refractivity contribution in [1.29, 1.82) is 0 Å². The van der Waals surface area contributed by atoms with Crippen LogP contribution in [0.5, 0.6) is 0 Å². The first kappa shape index (κ1) is 34.6. The van der Waals surface area contributed by atoms with Gasteiger partial charge in [0.25, 0.3) is 0 Å². The van der Waals surface area contributed by atoms with E-state index in [2.05, 4.69) is 34.9 Å². The van der Waals surface area contributed by atoms with Gasteiger partial charge in [-0.3, -0.25) is 0 Å². The molecule has 0 aliphatic heterocycles. The number of hydrogen-bond donors (Lipinski definition) is 0. The SMILES string of the molecule is CCCCCCCC(=O)[O-].CCCCCCCCCC[N+](C)(C)CCCCCCCCCC. The molecule has 0 atom stereocenters. The molecule has 0 aromatic rings. The fraction of sp³-hybridized carbons (Fsp3) is 0.967. The summed E-state index contributed by atoms with van der Waals surface area (Å²) in [6, 6.07) is 0. The number of unbranched alkanes of at least 4 members (excludes halogenated alkanes) is 18. The molecule has 0 amide bonds. The lowest BCUT2D eigenvalue weighted by molar-refractivity contribution is -0.890. The van der Waals surface area contributed by atoms with Gasteiger partial charge < -0.3 is 14.4 Å². The number of rotatable bonds is 24. The van der Waals surface area contributed by atoms with E-state index < -0.39 is 5.97 Å². The van der Waals surface area contributed by atoms with Crippen molar-refractivity contribution < 1.29 is 14.4 Å². The molecule has 0 aromatic carbocycles. The first-order valence-electron chi connectivity index (χ1n) is 14.9. The summed E-state index contributed by atoms with van der Waals surface area (Å²) in [5, 5.41) is 9.92. The second-order valence-electron chi connectivity index (χ2n) is 10.9. The van der Waals surface area contributed by atoms with E-state index in [1.165, 1.54) is 133 Å². The average Bonchev–Trinajstić information content (AvgIpc) is 2.77. The number of hydrogen-bond acceptors (Lipinski definition) is 2. The van der Waals surface area contributed by atoms with E-state index in [0.717, 1.165) is 19.3 Å². The number of carboxylic acids is 1. The lowest BCUT2D eigenvalue weighted by atomic mass is 10.1. The molecule has 0 aromatic heterocycles. The zero-order chi connectivity index (χ0) is 25.0. The van der Waals surface area contributed by atoms with Gasteiger partial charge in [0.2, 0.25) is 0 Å². The summed E-state index contributed by atoms with van der Waals surface area (Å²) in [4.78, 5) is 9.92. The summed E-state index contributed by atoms with van der Waals surface area (Å²) in [6.45, 7) is 9.49. The lowest BCUT2D eigenvalue weighted by Gasteiger charge is -2.30. The third-order valence-corrected chi connectivity index (χ3v) is 6.72. The quantitative estimate of drug-likeness (QED) is 0.105. The highest BCUT2D eigenvalue weighted by Crippen LogP contribution is 2.13. The van der Waals surface area contributed by atoms with Crippen LogP contribution in [0.15, 0.2) is 0 Å². The topological polar surface area (TPSA) is 40.1 Å². The molecule has 0 radical (unpaired) electrons. The molecule has 0 heterocycles. The Morgan fingerprint density at radius 2 is 0.758 bits per heavy atom. The monoisotopic (exact) mass is 469 g/mol. The van der Waals surface area contributed by atoms with E-state index >= 15 is 0 Å². The van der Waals surface area contributed by atoms with Crippen molar-refractivity contribution in [1.82, 2.24) is 0 Å². The minimum absolute atomic E-state index is 0.226. The fourth-order valence-electron chi connectivity index (χ4n) is 4.33. The van der Waals surface area contributed by atoms with Crippen molar-refractivity contribution in [2.24, 2.45) is 0 Å². The van der Waals surface area contributed by atoms with Gasteiger partial charge in [-0.05, 0) is 38.5 Å². The standard InChI is InChI=1S/C22H48N.C8H16O2/c1-5-7-9-11-13-15-17-19-21-23(3,4)22-20-18-16-14-12-10-8-6-2;1-2-3-4-5-6-7-8(9)10/h5-22H2,1-4H3;2-7H2,1H3,(H,9,10)/q+1;/p-1. The molecule has 0 unspecified atom stereocenters. The zero-order valence-corrected chi connectivity index (χ0v) is 23.7. The van der Waals surface area contributed by atoms with E-state index in [0.29, 0.717) is 0 Å². The molecule has 33 heavy (non-hydrogen) atoms. The van der Waals surface area contributed by atoms with Gasteiger partial charge in [0.1, 0.15) is 0 Å². The highest BCUT2D eigenvalue weighted by molar-refractivity contribution is 5.63. The van der Waals surface area contributed by atoms with Crippen molar-refractivity contribution >= 4 is 5.97 Å². The molecule has 0 aliphatic rings. The maximum Gasteiger partial charge on any atom is 0.0782 e. The van der Waals surface area contributed by atoms with Crippen LogP contribution < -0.4 is 5.11 Å². The molecular weight excluding hydrogens is 406 g/mol. The normalized spacial score (nSPS) is 11.3. The largest absolute Gasteiger partial charge is 0.550 e. The fourth-order valence-corrected chi connectivity index (χ4v) is 4.33. The highest BCUT2D eigenvalue weighted by Gasteiger charge is 2.13. The van der Waals surface area contributed by atoms with Crippen LogP contribution in [0, 0.1) is 0 Å². The van der Waals surface area contributed by atoms with Gasteiger partial charge >= 0.3 is 0 Å². The van der Waals surface area contributed by atoms with Crippen molar-refractivity contribution in [3.05, 3.63) is 0 Å². The number of carbonyl (C=O) groups is 1. The minimum atomic E-state index is -0.920. The third kappa shape index (κ3) is 33.7. The predicted octanol–water partition coefficient (Wildman–Crippen LogP) is 8.44. The number of quaternary nitrogens is 1. The van der Waals surface area contributed by atoms with Gasteiger partial charge in [-0.25, -0.2) is 0 Å². The Labute approximate surface area is 209 Å². The molecule has 0 rings (SSSR count). The van der Waals surface area contributed by atoms with Gasteiger partial charge in [-0.1, -0.05) is 124 Å². The Bertz CT molecular complexity index is 359. The van der Waals surface area contributed by atoms with Crippen LogP contribution >= 0.6 is 0 Å². The number of nitrogens with zero attached hydrogens (tertiary/aromatic N) is 1. The number of carbonyl (C=O) groups excluding carboxylic acids is 1. The zero-order valence-electron chi connectivity index (χ0n) is 23.7. The van der Waals surface area contributed by atoms with Crippen LogP contribution in [0.2, 0.25) is 0 Å². The van der Waals surface area contributed by atoms with E-state index in [9.17, 15) is 9.90 Å². The molecule has 3 heteroatoms. The summed E-state index contributed by atoms with van der Waals surface area (Å²) in [6.07, 6.45) is 28.6. The van der Waals surface area contributed by atoms with Gasteiger partial charge in [0.05, 0.1) is 27.2 Å². The maximum atomic E-state index is 9.92. The highest BCUT2D eigenvalue weighted by atomic mass is 16.4. The summed E-state index contributed by atoms with van der Waals surface area (Å²) >= 11 is 0. The van der Waals surface area contributed by atoms with E-state index in [1.807, 2.05) is 0 Å². The molecule has 0 aliphatic carbocycles.